The topological polar surface area (TPSA) is 60.2 Å². The van der Waals surface area contributed by atoms with Gasteiger partial charge in [-0.05, 0) is 5.56 Å². The maximum Gasteiger partial charge on any atom is 0.269 e. The number of rotatable bonds is 4. The van der Waals surface area contributed by atoms with Crippen molar-refractivity contribution < 1.29 is 9.72 Å². The number of nitro benzene ring substituents is 1. The molecule has 1 aromatic rings. The van der Waals surface area contributed by atoms with Gasteiger partial charge in [0.25, 0.3) is 11.3 Å². The highest BCUT2D eigenvalue weighted by Crippen LogP contribution is 2.15. The molecule has 0 saturated heterocycles. The van der Waals surface area contributed by atoms with Gasteiger partial charge in [0.05, 0.1) is 4.92 Å². The van der Waals surface area contributed by atoms with Crippen molar-refractivity contribution in [1.82, 2.24) is 0 Å². The van der Waals surface area contributed by atoms with Gasteiger partial charge in [-0.2, -0.15) is 0 Å². The van der Waals surface area contributed by atoms with Crippen LogP contribution in [0.1, 0.15) is 5.56 Å². The zero-order valence-electron chi connectivity index (χ0n) is 6.60. The lowest BCUT2D eigenvalue weighted by Crippen LogP contribution is -1.88. The molecular formula is C8H6NO3S. The van der Waals surface area contributed by atoms with Crippen LogP contribution in [0.15, 0.2) is 24.3 Å². The van der Waals surface area contributed by atoms with Crippen LogP contribution < -0.4 is 0 Å². The monoisotopic (exact) mass is 196 g/mol. The molecule has 0 amide bonds. The van der Waals surface area contributed by atoms with Gasteiger partial charge in [-0.1, -0.05) is 23.9 Å². The van der Waals surface area contributed by atoms with Crippen molar-refractivity contribution in [3.05, 3.63) is 39.9 Å². The Balaban J connectivity index is 2.69. The van der Waals surface area contributed by atoms with Gasteiger partial charge >= 0.3 is 0 Å². The van der Waals surface area contributed by atoms with Crippen LogP contribution in [0.5, 0.6) is 0 Å². The molecule has 0 aliphatic carbocycles. The van der Waals surface area contributed by atoms with E-state index in [0.717, 1.165) is 17.3 Å². The lowest BCUT2D eigenvalue weighted by Gasteiger charge is -1.95. The van der Waals surface area contributed by atoms with Crippen molar-refractivity contribution >= 4 is 23.1 Å². The number of nitrogens with zero attached hydrogens (tertiary/aromatic N) is 1. The molecule has 0 unspecified atom stereocenters. The second-order valence-electron chi connectivity index (χ2n) is 2.30. The van der Waals surface area contributed by atoms with E-state index < -0.39 is 4.92 Å². The first kappa shape index (κ1) is 9.73. The van der Waals surface area contributed by atoms with Gasteiger partial charge in [0.15, 0.2) is 0 Å². The Morgan fingerprint density at radius 3 is 2.46 bits per heavy atom. The van der Waals surface area contributed by atoms with E-state index in [-0.39, 0.29) is 5.69 Å². The molecule has 67 valence electrons. The summed E-state index contributed by atoms with van der Waals surface area (Å²) in [5.74, 6) is 0.501. The summed E-state index contributed by atoms with van der Waals surface area (Å²) in [5, 5.41) is 10.3. The fourth-order valence-corrected chi connectivity index (χ4v) is 1.24. The third kappa shape index (κ3) is 2.87. The van der Waals surface area contributed by atoms with Crippen LogP contribution in [0.4, 0.5) is 5.69 Å². The van der Waals surface area contributed by atoms with E-state index in [2.05, 4.69) is 0 Å². The van der Waals surface area contributed by atoms with Crippen LogP contribution in [-0.4, -0.2) is 10.5 Å². The molecule has 0 heterocycles. The smallest absolute Gasteiger partial charge is 0.269 e. The molecule has 4 nitrogen and oxygen atoms in total. The minimum absolute atomic E-state index is 0.0591. The van der Waals surface area contributed by atoms with Crippen molar-refractivity contribution in [2.45, 2.75) is 5.75 Å². The molecule has 0 bridgehead atoms. The Morgan fingerprint density at radius 1 is 1.38 bits per heavy atom. The quantitative estimate of drug-likeness (QED) is 0.545. The number of carbonyl (C=O) groups excluding carboxylic acids is 1. The molecular weight excluding hydrogens is 190 g/mol. The van der Waals surface area contributed by atoms with Gasteiger partial charge in [-0.25, -0.2) is 0 Å². The summed E-state index contributed by atoms with van der Waals surface area (Å²) >= 11 is 1.00. The first-order valence-corrected chi connectivity index (χ1v) is 4.45. The van der Waals surface area contributed by atoms with Crippen molar-refractivity contribution in [2.24, 2.45) is 0 Å². The predicted molar refractivity (Wildman–Crippen MR) is 50.1 cm³/mol. The molecule has 1 radical (unpaired) electrons. The van der Waals surface area contributed by atoms with Crippen LogP contribution in [0.2, 0.25) is 0 Å². The van der Waals surface area contributed by atoms with Crippen molar-refractivity contribution in [3.63, 3.8) is 0 Å². The Morgan fingerprint density at radius 2 is 2.00 bits per heavy atom. The summed E-state index contributed by atoms with van der Waals surface area (Å²) in [6.07, 6.45) is 0. The zero-order chi connectivity index (χ0) is 9.68. The third-order valence-electron chi connectivity index (χ3n) is 1.44. The van der Waals surface area contributed by atoms with E-state index in [1.54, 1.807) is 17.8 Å². The Kier molecular flexibility index (Phi) is 3.45. The number of non-ortho nitro benzene ring substituents is 1. The molecule has 0 aromatic heterocycles. The number of benzene rings is 1. The number of thioether (sulfide) groups is 1. The van der Waals surface area contributed by atoms with Gasteiger partial charge in [-0.15, -0.1) is 0 Å². The lowest BCUT2D eigenvalue weighted by atomic mass is 10.2. The average molecular weight is 196 g/mol. The SMILES string of the molecule is O=[C]SCc1ccc([N+](=O)[O-])cc1. The molecule has 1 aromatic carbocycles. The highest BCUT2D eigenvalue weighted by Gasteiger charge is 2.03. The molecule has 0 fully saturated rings. The molecule has 0 aliphatic rings. The van der Waals surface area contributed by atoms with E-state index in [4.69, 9.17) is 0 Å². The summed E-state index contributed by atoms with van der Waals surface area (Å²) in [7, 11) is 0. The fraction of sp³-hybridized carbons (Fsp3) is 0.125. The standard InChI is InChI=1S/C8H6NO3S/c10-6-13-5-7-1-3-8(4-2-7)9(11)12/h1-4H,5H2. The van der Waals surface area contributed by atoms with E-state index in [1.165, 1.54) is 12.1 Å². The largest absolute Gasteiger partial charge is 0.277 e. The van der Waals surface area contributed by atoms with Crippen LogP contribution in [0, 0.1) is 10.1 Å². The van der Waals surface area contributed by atoms with Gasteiger partial charge in [0.1, 0.15) is 0 Å². The molecule has 0 N–H and O–H groups in total. The number of hydrogen-bond donors (Lipinski definition) is 0. The Labute approximate surface area is 79.1 Å². The summed E-state index contributed by atoms with van der Waals surface area (Å²) in [4.78, 5) is 19.7. The number of nitro groups is 1. The molecule has 0 aliphatic heterocycles. The molecule has 5 heteroatoms. The Bertz CT molecular complexity index is 310. The van der Waals surface area contributed by atoms with E-state index in [1.807, 2.05) is 0 Å². The zero-order valence-corrected chi connectivity index (χ0v) is 7.41. The van der Waals surface area contributed by atoms with Crippen LogP contribution in [0.3, 0.4) is 0 Å². The lowest BCUT2D eigenvalue weighted by molar-refractivity contribution is -0.384. The minimum atomic E-state index is -0.456. The van der Waals surface area contributed by atoms with Gasteiger partial charge in [0.2, 0.25) is 0 Å². The van der Waals surface area contributed by atoms with Crippen molar-refractivity contribution in [3.8, 4) is 0 Å². The highest BCUT2D eigenvalue weighted by molar-refractivity contribution is 8.11. The van der Waals surface area contributed by atoms with Crippen molar-refractivity contribution in [2.75, 3.05) is 0 Å². The first-order valence-electron chi connectivity index (χ1n) is 3.46. The van der Waals surface area contributed by atoms with Crippen LogP contribution in [0.25, 0.3) is 0 Å². The predicted octanol–water partition coefficient (Wildman–Crippen LogP) is 1.90. The van der Waals surface area contributed by atoms with E-state index in [0.29, 0.717) is 5.75 Å². The van der Waals surface area contributed by atoms with Crippen molar-refractivity contribution in [1.29, 1.82) is 0 Å². The summed E-state index contributed by atoms with van der Waals surface area (Å²) < 4.78 is 0. The molecule has 0 spiro atoms. The molecule has 0 saturated carbocycles. The maximum atomic E-state index is 10.3. The average Bonchev–Trinajstić information content (AvgIpc) is 2.15. The minimum Gasteiger partial charge on any atom is -0.277 e. The first-order chi connectivity index (χ1) is 6.24. The normalized spacial score (nSPS) is 9.54. The van der Waals surface area contributed by atoms with Gasteiger partial charge in [-0.3, -0.25) is 14.9 Å². The summed E-state index contributed by atoms with van der Waals surface area (Å²) in [6, 6.07) is 6.09. The molecule has 1 rings (SSSR count). The maximum absolute atomic E-state index is 10.3. The second-order valence-corrected chi connectivity index (χ2v) is 3.04. The Hall–Kier alpha value is -1.36. The number of hydrogen-bond acceptors (Lipinski definition) is 4. The van der Waals surface area contributed by atoms with E-state index >= 15 is 0 Å². The summed E-state index contributed by atoms with van der Waals surface area (Å²) in [6.45, 7) is 0. The fourth-order valence-electron chi connectivity index (χ4n) is 0.827. The van der Waals surface area contributed by atoms with Gasteiger partial charge < -0.3 is 0 Å². The molecule has 13 heavy (non-hydrogen) atoms. The molecule has 0 atom stereocenters. The second kappa shape index (κ2) is 4.61. The van der Waals surface area contributed by atoms with Crippen LogP contribution in [-0.2, 0) is 10.5 Å². The van der Waals surface area contributed by atoms with E-state index in [9.17, 15) is 14.9 Å². The third-order valence-corrected chi connectivity index (χ3v) is 2.04. The highest BCUT2D eigenvalue weighted by atomic mass is 32.2. The summed E-state index contributed by atoms with van der Waals surface area (Å²) in [5.41, 5.74) is 2.62. The van der Waals surface area contributed by atoms with Crippen LogP contribution >= 0.6 is 11.8 Å². The van der Waals surface area contributed by atoms with Gasteiger partial charge in [0, 0.05) is 17.9 Å².